The SMILES string of the molecule is C=Cc1cc(COC(CC)OC(=O)CC)cc(COC(CC)OC(=O)CC)c1COC(CC)OC(=O)CC. The van der Waals surface area contributed by atoms with E-state index in [9.17, 15) is 14.4 Å². The summed E-state index contributed by atoms with van der Waals surface area (Å²) < 4.78 is 33.8. The van der Waals surface area contributed by atoms with Gasteiger partial charge in [-0.05, 0) is 28.3 Å². The Labute approximate surface area is 226 Å². The zero-order valence-electron chi connectivity index (χ0n) is 23.7. The summed E-state index contributed by atoms with van der Waals surface area (Å²) in [4.78, 5) is 35.2. The number of benzene rings is 1. The van der Waals surface area contributed by atoms with Crippen LogP contribution in [0.3, 0.4) is 0 Å². The minimum Gasteiger partial charge on any atom is -0.436 e. The van der Waals surface area contributed by atoms with Crippen LogP contribution in [0.5, 0.6) is 0 Å². The average Bonchev–Trinajstić information content (AvgIpc) is 2.94. The van der Waals surface area contributed by atoms with Gasteiger partial charge in [-0.1, -0.05) is 60.3 Å². The van der Waals surface area contributed by atoms with Gasteiger partial charge in [0, 0.05) is 38.5 Å². The molecule has 0 fully saturated rings. The molecule has 0 aliphatic rings. The van der Waals surface area contributed by atoms with Crippen molar-refractivity contribution in [2.45, 2.75) is 119 Å². The van der Waals surface area contributed by atoms with Gasteiger partial charge in [-0.25, -0.2) is 0 Å². The molecule has 1 aromatic carbocycles. The molecule has 0 N–H and O–H groups in total. The summed E-state index contributed by atoms with van der Waals surface area (Å²) in [7, 11) is 0. The molecule has 214 valence electrons. The molecule has 0 aromatic heterocycles. The third-order valence-electron chi connectivity index (χ3n) is 5.59. The molecule has 38 heavy (non-hydrogen) atoms. The van der Waals surface area contributed by atoms with E-state index in [4.69, 9.17) is 28.4 Å². The van der Waals surface area contributed by atoms with E-state index in [1.807, 2.05) is 32.9 Å². The minimum atomic E-state index is -0.699. The summed E-state index contributed by atoms with van der Waals surface area (Å²) in [6.07, 6.45) is 1.92. The molecule has 0 radical (unpaired) electrons. The largest absolute Gasteiger partial charge is 0.436 e. The molecule has 1 rings (SSSR count). The number of ether oxygens (including phenoxy) is 6. The summed E-state index contributed by atoms with van der Waals surface area (Å²) in [5.41, 5.74) is 3.19. The lowest BCUT2D eigenvalue weighted by Crippen LogP contribution is -2.22. The maximum Gasteiger partial charge on any atom is 0.307 e. The maximum atomic E-state index is 11.8. The van der Waals surface area contributed by atoms with Crippen molar-refractivity contribution in [3.8, 4) is 0 Å². The molecule has 0 heterocycles. The van der Waals surface area contributed by atoms with Gasteiger partial charge >= 0.3 is 17.9 Å². The topological polar surface area (TPSA) is 107 Å². The Hall–Kier alpha value is -2.75. The van der Waals surface area contributed by atoms with E-state index in [-0.39, 0.29) is 57.0 Å². The lowest BCUT2D eigenvalue weighted by Gasteiger charge is -2.22. The van der Waals surface area contributed by atoms with E-state index < -0.39 is 18.9 Å². The number of hydrogen-bond donors (Lipinski definition) is 0. The van der Waals surface area contributed by atoms with E-state index in [2.05, 4.69) is 6.58 Å². The first kappa shape index (κ1) is 33.3. The zero-order chi connectivity index (χ0) is 28.5. The number of hydrogen-bond acceptors (Lipinski definition) is 9. The van der Waals surface area contributed by atoms with E-state index in [0.717, 1.165) is 22.3 Å². The summed E-state index contributed by atoms with van der Waals surface area (Å²) in [5.74, 6) is -1.01. The number of carbonyl (C=O) groups excluding carboxylic acids is 3. The first-order valence-electron chi connectivity index (χ1n) is 13.4. The van der Waals surface area contributed by atoms with Gasteiger partial charge < -0.3 is 28.4 Å². The molecule has 9 heteroatoms. The van der Waals surface area contributed by atoms with E-state index in [1.165, 1.54) is 0 Å². The first-order chi connectivity index (χ1) is 18.2. The molecule has 0 saturated heterocycles. The highest BCUT2D eigenvalue weighted by atomic mass is 16.7. The molecule has 0 spiro atoms. The molecule has 0 aliphatic carbocycles. The quantitative estimate of drug-likeness (QED) is 0.120. The molecule has 0 saturated carbocycles. The predicted octanol–water partition coefficient (Wildman–Crippen LogP) is 5.95. The molecule has 0 amide bonds. The Morgan fingerprint density at radius 3 is 1.50 bits per heavy atom. The Bertz CT molecular complexity index is 896. The lowest BCUT2D eigenvalue weighted by molar-refractivity contribution is -0.184. The minimum absolute atomic E-state index is 0.135. The van der Waals surface area contributed by atoms with Crippen molar-refractivity contribution in [1.29, 1.82) is 0 Å². The van der Waals surface area contributed by atoms with Crippen molar-refractivity contribution < 1.29 is 42.8 Å². The molecule has 9 nitrogen and oxygen atoms in total. The van der Waals surface area contributed by atoms with E-state index in [1.54, 1.807) is 26.8 Å². The van der Waals surface area contributed by atoms with Crippen LogP contribution in [0.1, 0.15) is 102 Å². The molecule has 3 unspecified atom stereocenters. The van der Waals surface area contributed by atoms with Crippen LogP contribution in [0.4, 0.5) is 0 Å². The summed E-state index contributed by atoms with van der Waals surface area (Å²) in [5, 5.41) is 0. The van der Waals surface area contributed by atoms with Gasteiger partial charge in [0.15, 0.2) is 0 Å². The number of rotatable bonds is 19. The second-order valence-corrected chi connectivity index (χ2v) is 8.50. The van der Waals surface area contributed by atoms with Gasteiger partial charge in [-0.2, -0.15) is 0 Å². The van der Waals surface area contributed by atoms with E-state index >= 15 is 0 Å². The number of esters is 3. The third-order valence-corrected chi connectivity index (χ3v) is 5.59. The van der Waals surface area contributed by atoms with Gasteiger partial charge in [0.2, 0.25) is 18.9 Å². The summed E-state index contributed by atoms with van der Waals surface area (Å²) >= 11 is 0. The molecule has 3 atom stereocenters. The second-order valence-electron chi connectivity index (χ2n) is 8.50. The predicted molar refractivity (Wildman–Crippen MR) is 142 cm³/mol. The Balaban J connectivity index is 3.21. The van der Waals surface area contributed by atoms with Gasteiger partial charge in [-0.15, -0.1) is 0 Å². The molecule has 0 aliphatic heterocycles. The Morgan fingerprint density at radius 2 is 1.11 bits per heavy atom. The normalized spacial score (nSPS) is 13.3. The highest BCUT2D eigenvalue weighted by Crippen LogP contribution is 2.24. The van der Waals surface area contributed by atoms with Crippen LogP contribution in [-0.2, 0) is 62.6 Å². The van der Waals surface area contributed by atoms with Crippen LogP contribution in [-0.4, -0.2) is 36.8 Å². The fraction of sp³-hybridized carbons (Fsp3) is 0.621. The molecular weight excluding hydrogens is 492 g/mol. The van der Waals surface area contributed by atoms with Crippen molar-refractivity contribution >= 4 is 24.0 Å². The first-order valence-corrected chi connectivity index (χ1v) is 13.4. The standard InChI is InChI=1S/C29H44O9/c1-8-21-15-20(17-33-27(12-5)36-24(30)9-2)16-22(18-34-28(13-6)37-25(31)10-3)23(21)19-35-29(14-7)38-26(32)11-4/h8,15-16,27-29H,1,9-14,17-19H2,2-7H3. The van der Waals surface area contributed by atoms with Crippen molar-refractivity contribution in [1.82, 2.24) is 0 Å². The van der Waals surface area contributed by atoms with Crippen LogP contribution in [0.25, 0.3) is 6.08 Å². The van der Waals surface area contributed by atoms with Gasteiger partial charge in [0.1, 0.15) is 0 Å². The summed E-state index contributed by atoms with van der Waals surface area (Å²) in [6, 6.07) is 3.82. The van der Waals surface area contributed by atoms with Crippen LogP contribution in [0, 0.1) is 0 Å². The number of carbonyl (C=O) groups is 3. The fourth-order valence-electron chi connectivity index (χ4n) is 3.34. The van der Waals surface area contributed by atoms with Crippen molar-refractivity contribution in [2.24, 2.45) is 0 Å². The van der Waals surface area contributed by atoms with Crippen molar-refractivity contribution in [3.63, 3.8) is 0 Å². The smallest absolute Gasteiger partial charge is 0.307 e. The Kier molecular flexibility index (Phi) is 16.2. The van der Waals surface area contributed by atoms with Gasteiger partial charge in [0.25, 0.3) is 0 Å². The van der Waals surface area contributed by atoms with Gasteiger partial charge in [-0.3, -0.25) is 14.4 Å². The third kappa shape index (κ3) is 11.8. The van der Waals surface area contributed by atoms with Crippen molar-refractivity contribution in [3.05, 3.63) is 41.0 Å². The molecule has 0 bridgehead atoms. The monoisotopic (exact) mass is 536 g/mol. The molecule has 1 aromatic rings. The zero-order valence-corrected chi connectivity index (χ0v) is 23.7. The lowest BCUT2D eigenvalue weighted by atomic mass is 9.98. The fourth-order valence-corrected chi connectivity index (χ4v) is 3.34. The summed E-state index contributed by atoms with van der Waals surface area (Å²) in [6.45, 7) is 15.2. The average molecular weight is 537 g/mol. The van der Waals surface area contributed by atoms with Crippen LogP contribution >= 0.6 is 0 Å². The van der Waals surface area contributed by atoms with Crippen LogP contribution in [0.15, 0.2) is 18.7 Å². The van der Waals surface area contributed by atoms with Crippen molar-refractivity contribution in [2.75, 3.05) is 0 Å². The van der Waals surface area contributed by atoms with Gasteiger partial charge in [0.05, 0.1) is 19.8 Å². The highest BCUT2D eigenvalue weighted by molar-refractivity contribution is 5.69. The Morgan fingerprint density at radius 1 is 0.684 bits per heavy atom. The maximum absolute atomic E-state index is 11.8. The van der Waals surface area contributed by atoms with E-state index in [0.29, 0.717) is 19.3 Å². The highest BCUT2D eigenvalue weighted by Gasteiger charge is 2.19. The van der Waals surface area contributed by atoms with Crippen LogP contribution in [0.2, 0.25) is 0 Å². The second kappa shape index (κ2) is 18.5. The van der Waals surface area contributed by atoms with Crippen LogP contribution < -0.4 is 0 Å². The molecular formula is C29H44O9.